The van der Waals surface area contributed by atoms with Crippen LogP contribution in [-0.2, 0) is 11.2 Å². The van der Waals surface area contributed by atoms with E-state index in [1.807, 2.05) is 18.2 Å². The molecule has 0 aromatic heterocycles. The van der Waals surface area contributed by atoms with E-state index in [0.717, 1.165) is 6.42 Å². The summed E-state index contributed by atoms with van der Waals surface area (Å²) in [6.07, 6.45) is 0.648. The van der Waals surface area contributed by atoms with E-state index in [1.165, 1.54) is 11.1 Å². The quantitative estimate of drug-likeness (QED) is 0.941. The Morgan fingerprint density at radius 3 is 2.88 bits per heavy atom. The zero-order valence-corrected chi connectivity index (χ0v) is 13.2. The second-order valence-electron chi connectivity index (χ2n) is 6.13. The monoisotopic (exact) mass is 322 g/mol. The molecule has 1 aliphatic heterocycles. The Morgan fingerprint density at radius 2 is 2.08 bits per heavy atom. The van der Waals surface area contributed by atoms with Crippen molar-refractivity contribution in [1.29, 1.82) is 0 Å². The summed E-state index contributed by atoms with van der Waals surface area (Å²) in [7, 11) is 0. The van der Waals surface area contributed by atoms with E-state index >= 15 is 0 Å². The highest BCUT2D eigenvalue weighted by Gasteiger charge is 2.26. The van der Waals surface area contributed by atoms with Gasteiger partial charge < -0.3 is 10.1 Å². The molecule has 0 saturated carbocycles. The maximum absolute atomic E-state index is 12.4. The molecule has 0 unspecified atom stereocenters. The molecule has 1 aliphatic carbocycles. The first-order chi connectivity index (χ1) is 11.7. The Hall–Kier alpha value is -2.82. The molecule has 1 fully saturated rings. The van der Waals surface area contributed by atoms with Crippen molar-refractivity contribution >= 4 is 17.7 Å². The number of nitrogens with zero attached hydrogens (tertiary/aromatic N) is 1. The largest absolute Gasteiger partial charge is 0.447 e. The highest BCUT2D eigenvalue weighted by Crippen LogP contribution is 2.34. The van der Waals surface area contributed by atoms with Crippen LogP contribution in [0.1, 0.15) is 27.4 Å². The third-order valence-electron chi connectivity index (χ3n) is 4.65. The number of amides is 2. The molecule has 2 aromatic carbocycles. The molecular formula is C19H18N2O3. The molecule has 0 radical (unpaired) electrons. The first kappa shape index (κ1) is 14.8. The first-order valence-electron chi connectivity index (χ1n) is 8.13. The average Bonchev–Trinajstić information content (AvgIpc) is 3.02. The van der Waals surface area contributed by atoms with Gasteiger partial charge in [0.1, 0.15) is 6.61 Å². The number of benzene rings is 2. The van der Waals surface area contributed by atoms with E-state index < -0.39 is 0 Å². The number of hydrogen-bond acceptors (Lipinski definition) is 3. The maximum atomic E-state index is 12.4. The molecule has 1 heterocycles. The molecule has 2 aromatic rings. The van der Waals surface area contributed by atoms with Gasteiger partial charge in [-0.2, -0.15) is 0 Å². The first-order valence-corrected chi connectivity index (χ1v) is 8.13. The Labute approximate surface area is 140 Å². The summed E-state index contributed by atoms with van der Waals surface area (Å²) in [6, 6.07) is 15.4. The van der Waals surface area contributed by atoms with E-state index in [9.17, 15) is 9.59 Å². The van der Waals surface area contributed by atoms with Crippen LogP contribution in [0.5, 0.6) is 0 Å². The molecular weight excluding hydrogens is 304 g/mol. The molecule has 1 saturated heterocycles. The molecule has 4 rings (SSSR count). The van der Waals surface area contributed by atoms with Gasteiger partial charge in [0.05, 0.1) is 6.54 Å². The van der Waals surface area contributed by atoms with Gasteiger partial charge in [0.15, 0.2) is 0 Å². The Balaban J connectivity index is 1.41. The van der Waals surface area contributed by atoms with Gasteiger partial charge in [-0.05, 0) is 35.7 Å². The van der Waals surface area contributed by atoms with Crippen LogP contribution in [0.15, 0.2) is 48.5 Å². The van der Waals surface area contributed by atoms with Crippen molar-refractivity contribution in [2.24, 2.45) is 0 Å². The normalized spacial score (nSPS) is 18.6. The molecule has 5 nitrogen and oxygen atoms in total. The predicted molar refractivity (Wildman–Crippen MR) is 90.4 cm³/mol. The van der Waals surface area contributed by atoms with Gasteiger partial charge in [-0.25, -0.2) is 4.79 Å². The minimum atomic E-state index is -0.362. The van der Waals surface area contributed by atoms with Crippen molar-refractivity contribution in [1.82, 2.24) is 5.32 Å². The number of ether oxygens (including phenoxy) is 1. The SMILES string of the molecule is O=C(NC[C@@H]1Cc2ccccc21)c1cccc(N2CCOC2=O)c1. The molecule has 0 bridgehead atoms. The second kappa shape index (κ2) is 6.00. The number of carbonyl (C=O) groups is 2. The fourth-order valence-electron chi connectivity index (χ4n) is 3.31. The van der Waals surface area contributed by atoms with Crippen LogP contribution < -0.4 is 10.2 Å². The second-order valence-corrected chi connectivity index (χ2v) is 6.13. The molecule has 24 heavy (non-hydrogen) atoms. The molecule has 5 heteroatoms. The number of cyclic esters (lactones) is 1. The van der Waals surface area contributed by atoms with Gasteiger partial charge in [-0.15, -0.1) is 0 Å². The van der Waals surface area contributed by atoms with Crippen LogP contribution in [0.2, 0.25) is 0 Å². The highest BCUT2D eigenvalue weighted by atomic mass is 16.6. The van der Waals surface area contributed by atoms with Crippen molar-refractivity contribution < 1.29 is 14.3 Å². The van der Waals surface area contributed by atoms with Crippen molar-refractivity contribution in [2.75, 3.05) is 24.6 Å². The Kier molecular flexibility index (Phi) is 3.69. The molecule has 0 spiro atoms. The van der Waals surface area contributed by atoms with Crippen LogP contribution in [0.25, 0.3) is 0 Å². The minimum absolute atomic E-state index is 0.117. The minimum Gasteiger partial charge on any atom is -0.447 e. The van der Waals surface area contributed by atoms with E-state index in [1.54, 1.807) is 23.1 Å². The molecule has 2 aliphatic rings. The number of anilines is 1. The summed E-state index contributed by atoms with van der Waals surface area (Å²) in [4.78, 5) is 25.6. The van der Waals surface area contributed by atoms with Crippen LogP contribution in [0, 0.1) is 0 Å². The number of carbonyl (C=O) groups excluding carboxylic acids is 2. The van der Waals surface area contributed by atoms with Crippen molar-refractivity contribution in [3.8, 4) is 0 Å². The standard InChI is InChI=1S/C19H18N2O3/c22-18(20-12-15-10-13-4-1-2-7-17(13)15)14-5-3-6-16(11-14)21-8-9-24-19(21)23/h1-7,11,15H,8-10,12H2,(H,20,22)/t15-/m0/s1. The van der Waals surface area contributed by atoms with Crippen molar-refractivity contribution in [2.45, 2.75) is 12.3 Å². The summed E-state index contributed by atoms with van der Waals surface area (Å²) in [6.45, 7) is 1.53. The summed E-state index contributed by atoms with van der Waals surface area (Å²) in [5, 5.41) is 3.00. The van der Waals surface area contributed by atoms with E-state index in [4.69, 9.17) is 4.74 Å². The van der Waals surface area contributed by atoms with Gasteiger partial charge in [0.2, 0.25) is 0 Å². The lowest BCUT2D eigenvalue weighted by atomic mass is 9.77. The van der Waals surface area contributed by atoms with Gasteiger partial charge in [0.25, 0.3) is 5.91 Å². The van der Waals surface area contributed by atoms with Crippen LogP contribution in [-0.4, -0.2) is 31.7 Å². The van der Waals surface area contributed by atoms with Crippen LogP contribution >= 0.6 is 0 Å². The lowest BCUT2D eigenvalue weighted by molar-refractivity contribution is 0.0950. The topological polar surface area (TPSA) is 58.6 Å². The summed E-state index contributed by atoms with van der Waals surface area (Å²) < 4.78 is 4.94. The third kappa shape index (κ3) is 2.62. The van der Waals surface area contributed by atoms with E-state index in [-0.39, 0.29) is 12.0 Å². The number of rotatable bonds is 4. The Morgan fingerprint density at radius 1 is 1.21 bits per heavy atom. The average molecular weight is 322 g/mol. The van der Waals surface area contributed by atoms with Crippen molar-refractivity contribution in [3.63, 3.8) is 0 Å². The zero-order valence-electron chi connectivity index (χ0n) is 13.2. The predicted octanol–water partition coefficient (Wildman–Crippen LogP) is 2.71. The lowest BCUT2D eigenvalue weighted by Gasteiger charge is -2.30. The van der Waals surface area contributed by atoms with Crippen LogP contribution in [0.3, 0.4) is 0 Å². The number of fused-ring (bicyclic) bond motifs is 1. The molecule has 2 amide bonds. The van der Waals surface area contributed by atoms with E-state index in [2.05, 4.69) is 17.4 Å². The number of nitrogens with one attached hydrogen (secondary N) is 1. The molecule has 122 valence electrons. The third-order valence-corrected chi connectivity index (χ3v) is 4.65. The van der Waals surface area contributed by atoms with Gasteiger partial charge in [0, 0.05) is 23.7 Å². The van der Waals surface area contributed by atoms with Crippen LogP contribution in [0.4, 0.5) is 10.5 Å². The Bertz CT molecular complexity index is 803. The molecule has 1 N–H and O–H groups in total. The molecule has 1 atom stereocenters. The van der Waals surface area contributed by atoms with Crippen molar-refractivity contribution in [3.05, 3.63) is 65.2 Å². The fraction of sp³-hybridized carbons (Fsp3) is 0.263. The smallest absolute Gasteiger partial charge is 0.414 e. The van der Waals surface area contributed by atoms with E-state index in [0.29, 0.717) is 36.9 Å². The maximum Gasteiger partial charge on any atom is 0.414 e. The summed E-state index contributed by atoms with van der Waals surface area (Å²) in [5.41, 5.74) is 3.94. The fourth-order valence-corrected chi connectivity index (χ4v) is 3.31. The number of hydrogen-bond donors (Lipinski definition) is 1. The van der Waals surface area contributed by atoms with Gasteiger partial charge >= 0.3 is 6.09 Å². The van der Waals surface area contributed by atoms with Gasteiger partial charge in [-0.1, -0.05) is 30.3 Å². The zero-order chi connectivity index (χ0) is 16.5. The summed E-state index contributed by atoms with van der Waals surface area (Å²) >= 11 is 0. The lowest BCUT2D eigenvalue weighted by Crippen LogP contribution is -2.33. The summed E-state index contributed by atoms with van der Waals surface area (Å²) in [5.74, 6) is 0.274. The highest BCUT2D eigenvalue weighted by molar-refractivity contribution is 5.97. The van der Waals surface area contributed by atoms with Gasteiger partial charge in [-0.3, -0.25) is 9.69 Å².